The molecule has 2 N–H and O–H groups in total. The minimum atomic E-state index is -0.831. The second-order valence-corrected chi connectivity index (χ2v) is 10.0. The van der Waals surface area contributed by atoms with Crippen molar-refractivity contribution in [3.63, 3.8) is 0 Å². The van der Waals surface area contributed by atoms with Gasteiger partial charge < -0.3 is 19.9 Å². The molecule has 180 valence electrons. The number of fused-ring (bicyclic) bond motifs is 1. The number of aliphatic carboxylic acids is 1. The van der Waals surface area contributed by atoms with Crippen molar-refractivity contribution in [2.75, 3.05) is 52.5 Å². The van der Waals surface area contributed by atoms with Gasteiger partial charge in [0.2, 0.25) is 0 Å². The predicted octanol–water partition coefficient (Wildman–Crippen LogP) is 0.806. The summed E-state index contributed by atoms with van der Waals surface area (Å²) in [4.78, 5) is 37.6. The van der Waals surface area contributed by atoms with Crippen LogP contribution in [0.15, 0.2) is 27.8 Å². The summed E-state index contributed by atoms with van der Waals surface area (Å²) in [6.45, 7) is 9.55. The van der Waals surface area contributed by atoms with Gasteiger partial charge in [-0.05, 0) is 20.8 Å². The van der Waals surface area contributed by atoms with Crippen LogP contribution in [0.4, 0.5) is 0 Å². The van der Waals surface area contributed by atoms with Gasteiger partial charge in [0.25, 0.3) is 0 Å². The Balaban J connectivity index is 1.51. The molecule has 0 bridgehead atoms. The smallest absolute Gasteiger partial charge is 0.337 e. The molecular weight excluding hydrogens is 446 g/mol. The number of amidine groups is 1. The summed E-state index contributed by atoms with van der Waals surface area (Å²) >= 11 is 1.49. The Labute approximate surface area is 197 Å². The monoisotopic (exact) mass is 477 g/mol. The maximum absolute atomic E-state index is 12.6. The number of morpholine rings is 1. The van der Waals surface area contributed by atoms with Gasteiger partial charge in [-0.2, -0.15) is 0 Å². The molecule has 2 saturated heterocycles. The standard InChI is InChI=1S/C22H31N5O5S/c1-4-31-20(28)14-9-24-18(19-23-5-8-33-19)25-15(14)10-27-6-7-32-17-12-26(11-16(17)27)13-22(2,3)21(29)30/h5,8,16-17H,4,6-7,9-13H2,1-3H3,(H,24,25)(H,29,30)/t16-,17+/m1/s1. The molecule has 0 unspecified atom stereocenters. The third-order valence-corrected chi connectivity index (χ3v) is 7.02. The molecule has 11 heteroatoms. The first kappa shape index (κ1) is 23.8. The number of aliphatic imine (C=N–C) groups is 1. The van der Waals surface area contributed by atoms with E-state index < -0.39 is 11.4 Å². The third kappa shape index (κ3) is 5.26. The Morgan fingerprint density at radius 1 is 1.39 bits per heavy atom. The summed E-state index contributed by atoms with van der Waals surface area (Å²) in [6.07, 6.45) is 1.73. The van der Waals surface area contributed by atoms with Gasteiger partial charge in [0.15, 0.2) is 10.8 Å². The lowest BCUT2D eigenvalue weighted by Crippen LogP contribution is -2.53. The highest BCUT2D eigenvalue weighted by Gasteiger charge is 2.43. The first-order valence-corrected chi connectivity index (χ1v) is 12.1. The molecule has 0 spiro atoms. The normalized spacial score (nSPS) is 24.3. The van der Waals surface area contributed by atoms with Crippen molar-refractivity contribution in [2.45, 2.75) is 32.9 Å². The first-order valence-electron chi connectivity index (χ1n) is 11.2. The second kappa shape index (κ2) is 9.88. The minimum Gasteiger partial charge on any atom is -0.481 e. The fourth-order valence-corrected chi connectivity index (χ4v) is 5.10. The molecule has 0 aromatic carbocycles. The Morgan fingerprint density at radius 3 is 2.91 bits per heavy atom. The number of esters is 1. The number of carboxylic acids is 1. The third-order valence-electron chi connectivity index (χ3n) is 6.24. The van der Waals surface area contributed by atoms with Crippen molar-refractivity contribution in [1.82, 2.24) is 20.1 Å². The summed E-state index contributed by atoms with van der Waals surface area (Å²) in [5, 5.41) is 15.5. The van der Waals surface area contributed by atoms with Crippen LogP contribution >= 0.6 is 11.3 Å². The summed E-state index contributed by atoms with van der Waals surface area (Å²) in [7, 11) is 0. The highest BCUT2D eigenvalue weighted by atomic mass is 32.1. The van der Waals surface area contributed by atoms with E-state index in [1.54, 1.807) is 27.0 Å². The zero-order valence-electron chi connectivity index (χ0n) is 19.2. The summed E-state index contributed by atoms with van der Waals surface area (Å²) in [5.74, 6) is -0.503. The number of nitrogens with one attached hydrogen (secondary N) is 1. The Morgan fingerprint density at radius 2 is 2.21 bits per heavy atom. The van der Waals surface area contributed by atoms with Crippen molar-refractivity contribution in [3.8, 4) is 0 Å². The largest absolute Gasteiger partial charge is 0.481 e. The number of hydrogen-bond donors (Lipinski definition) is 2. The number of carbonyl (C=O) groups is 2. The van der Waals surface area contributed by atoms with Crippen LogP contribution in [0.3, 0.4) is 0 Å². The van der Waals surface area contributed by atoms with E-state index in [0.717, 1.165) is 23.8 Å². The van der Waals surface area contributed by atoms with Gasteiger partial charge in [0.1, 0.15) is 0 Å². The number of aromatic nitrogens is 1. The number of nitrogens with zero attached hydrogens (tertiary/aromatic N) is 4. The summed E-state index contributed by atoms with van der Waals surface area (Å²) < 4.78 is 11.3. The van der Waals surface area contributed by atoms with Crippen LogP contribution in [-0.2, 0) is 19.1 Å². The highest BCUT2D eigenvalue weighted by Crippen LogP contribution is 2.28. The van der Waals surface area contributed by atoms with Crippen LogP contribution in [0, 0.1) is 5.41 Å². The molecule has 0 radical (unpaired) electrons. The van der Waals surface area contributed by atoms with Crippen LogP contribution in [0.5, 0.6) is 0 Å². The Kier molecular flexibility index (Phi) is 7.13. The molecule has 2 atom stereocenters. The molecule has 0 amide bonds. The van der Waals surface area contributed by atoms with Gasteiger partial charge in [0.05, 0.1) is 42.9 Å². The quantitative estimate of drug-likeness (QED) is 0.525. The van der Waals surface area contributed by atoms with Crippen molar-refractivity contribution in [1.29, 1.82) is 0 Å². The van der Waals surface area contributed by atoms with Crippen molar-refractivity contribution in [2.24, 2.45) is 10.4 Å². The SMILES string of the molecule is CCOC(=O)C1=C(CN2CCO[C@H]3CN(CC(C)(C)C(=O)O)C[C@H]32)NC(c2nccs2)=NC1. The number of ether oxygens (including phenoxy) is 2. The average molecular weight is 478 g/mol. The van der Waals surface area contributed by atoms with E-state index in [4.69, 9.17) is 9.47 Å². The first-order chi connectivity index (χ1) is 15.8. The lowest BCUT2D eigenvalue weighted by Gasteiger charge is -2.38. The molecule has 4 rings (SSSR count). The van der Waals surface area contributed by atoms with Crippen LogP contribution in [0.2, 0.25) is 0 Å². The van der Waals surface area contributed by atoms with Crippen LogP contribution in [-0.4, -0.2) is 102 Å². The molecule has 4 heterocycles. The number of rotatable bonds is 8. The van der Waals surface area contributed by atoms with E-state index in [0.29, 0.717) is 44.3 Å². The number of likely N-dealkylation sites (tertiary alicyclic amines) is 1. The van der Waals surface area contributed by atoms with Crippen LogP contribution in [0.1, 0.15) is 25.8 Å². The highest BCUT2D eigenvalue weighted by molar-refractivity contribution is 7.11. The average Bonchev–Trinajstić information content (AvgIpc) is 3.43. The fourth-order valence-electron chi connectivity index (χ4n) is 4.50. The summed E-state index contributed by atoms with van der Waals surface area (Å²) in [5.41, 5.74) is 0.475. The van der Waals surface area contributed by atoms with Gasteiger partial charge in [-0.15, -0.1) is 11.3 Å². The molecule has 3 aliphatic heterocycles. The van der Waals surface area contributed by atoms with Gasteiger partial charge in [-0.25, -0.2) is 9.78 Å². The molecular formula is C22H31N5O5S. The zero-order chi connectivity index (χ0) is 23.6. The van der Waals surface area contributed by atoms with Gasteiger partial charge >= 0.3 is 11.9 Å². The van der Waals surface area contributed by atoms with E-state index in [-0.39, 0.29) is 24.7 Å². The van der Waals surface area contributed by atoms with E-state index in [1.807, 2.05) is 5.38 Å². The molecule has 10 nitrogen and oxygen atoms in total. The predicted molar refractivity (Wildman–Crippen MR) is 123 cm³/mol. The van der Waals surface area contributed by atoms with Gasteiger partial charge in [-0.1, -0.05) is 0 Å². The number of carbonyl (C=O) groups excluding carboxylic acids is 1. The van der Waals surface area contributed by atoms with E-state index >= 15 is 0 Å². The molecule has 0 aliphatic carbocycles. The summed E-state index contributed by atoms with van der Waals surface area (Å²) in [6, 6.07) is 0.114. The van der Waals surface area contributed by atoms with E-state index in [9.17, 15) is 14.7 Å². The van der Waals surface area contributed by atoms with Gasteiger partial charge in [0, 0.05) is 50.0 Å². The lowest BCUT2D eigenvalue weighted by molar-refractivity contribution is -0.148. The van der Waals surface area contributed by atoms with E-state index in [1.165, 1.54) is 11.3 Å². The number of thiazole rings is 1. The molecule has 33 heavy (non-hydrogen) atoms. The van der Waals surface area contributed by atoms with E-state index in [2.05, 4.69) is 25.1 Å². The van der Waals surface area contributed by atoms with Crippen LogP contribution < -0.4 is 5.32 Å². The molecule has 1 aromatic rings. The molecule has 2 fully saturated rings. The number of carboxylic acid groups (broad SMARTS) is 1. The lowest BCUT2D eigenvalue weighted by atomic mass is 9.93. The molecule has 0 saturated carbocycles. The molecule has 3 aliphatic rings. The Hall–Kier alpha value is -2.34. The van der Waals surface area contributed by atoms with Crippen molar-refractivity contribution in [3.05, 3.63) is 27.9 Å². The minimum absolute atomic E-state index is 0.00526. The Bertz CT molecular complexity index is 945. The van der Waals surface area contributed by atoms with Crippen LogP contribution in [0.25, 0.3) is 0 Å². The number of hydrogen-bond acceptors (Lipinski definition) is 10. The van der Waals surface area contributed by atoms with Crippen molar-refractivity contribution >= 4 is 29.1 Å². The topological polar surface area (TPSA) is 117 Å². The zero-order valence-corrected chi connectivity index (χ0v) is 20.1. The fraction of sp³-hybridized carbons (Fsp3) is 0.636. The second-order valence-electron chi connectivity index (χ2n) is 9.13. The van der Waals surface area contributed by atoms with Crippen molar-refractivity contribution < 1.29 is 24.2 Å². The maximum atomic E-state index is 12.6. The molecule has 1 aromatic heterocycles. The maximum Gasteiger partial charge on any atom is 0.337 e. The van der Waals surface area contributed by atoms with Gasteiger partial charge in [-0.3, -0.25) is 19.6 Å².